The number of para-hydroxylation sites is 1. The Balaban J connectivity index is 1.75. The summed E-state index contributed by atoms with van der Waals surface area (Å²) in [7, 11) is 3.12. The highest BCUT2D eigenvalue weighted by atomic mass is 32.2. The second kappa shape index (κ2) is 9.45. The monoisotopic (exact) mass is 404 g/mol. The van der Waals surface area contributed by atoms with Crippen molar-refractivity contribution >= 4 is 28.5 Å². The van der Waals surface area contributed by atoms with Crippen LogP contribution in [-0.4, -0.2) is 49.1 Å². The summed E-state index contributed by atoms with van der Waals surface area (Å²) >= 11 is 1.50. The topological polar surface area (TPSA) is 60.4 Å². The van der Waals surface area contributed by atoms with Crippen LogP contribution < -0.4 is 14.2 Å². The number of halogens is 1. The lowest BCUT2D eigenvalue weighted by atomic mass is 10.3. The van der Waals surface area contributed by atoms with E-state index in [0.717, 1.165) is 12.2 Å². The lowest BCUT2D eigenvalue weighted by Gasteiger charge is -2.27. The molecular formula is C20H21FN2O4S. The van der Waals surface area contributed by atoms with Crippen molar-refractivity contribution in [2.75, 3.05) is 33.1 Å². The maximum absolute atomic E-state index is 13.7. The number of aliphatic imine (C=N–C) groups is 1. The normalized spacial score (nSPS) is 15.4. The highest BCUT2D eigenvalue weighted by Gasteiger charge is 2.24. The van der Waals surface area contributed by atoms with Gasteiger partial charge in [0.05, 0.1) is 19.9 Å². The van der Waals surface area contributed by atoms with Crippen molar-refractivity contribution in [2.24, 2.45) is 4.99 Å². The molecular weight excluding hydrogens is 383 g/mol. The first kappa shape index (κ1) is 20.0. The number of carbonyl (C=O) groups excluding carboxylic acids is 1. The third kappa shape index (κ3) is 4.75. The van der Waals surface area contributed by atoms with E-state index in [-0.39, 0.29) is 18.3 Å². The van der Waals surface area contributed by atoms with E-state index in [1.165, 1.54) is 23.9 Å². The standard InChI is InChI=1S/C20H21FN2O4S/c1-25-17-9-8-14(12-18(17)26-2)22-20-23(10-5-11-28-20)19(24)13-27-16-7-4-3-6-15(16)21/h3-4,6-9,12H,5,10-11,13H2,1-2H3. The van der Waals surface area contributed by atoms with Crippen LogP contribution in [0.5, 0.6) is 17.2 Å². The minimum Gasteiger partial charge on any atom is -0.493 e. The molecule has 0 atom stereocenters. The van der Waals surface area contributed by atoms with E-state index in [1.54, 1.807) is 49.5 Å². The van der Waals surface area contributed by atoms with Crippen molar-refractivity contribution < 1.29 is 23.4 Å². The highest BCUT2D eigenvalue weighted by Crippen LogP contribution is 2.32. The Morgan fingerprint density at radius 2 is 1.93 bits per heavy atom. The zero-order valence-electron chi connectivity index (χ0n) is 15.7. The largest absolute Gasteiger partial charge is 0.493 e. The van der Waals surface area contributed by atoms with Crippen LogP contribution in [0.1, 0.15) is 6.42 Å². The SMILES string of the molecule is COc1ccc(N=C2SCCCN2C(=O)COc2ccccc2F)cc1OC. The summed E-state index contributed by atoms with van der Waals surface area (Å²) < 4.78 is 29.6. The van der Waals surface area contributed by atoms with Gasteiger partial charge in [-0.2, -0.15) is 0 Å². The summed E-state index contributed by atoms with van der Waals surface area (Å²) in [5.74, 6) is 1.32. The van der Waals surface area contributed by atoms with Gasteiger partial charge in [-0.3, -0.25) is 9.69 Å². The van der Waals surface area contributed by atoms with Crippen molar-refractivity contribution in [2.45, 2.75) is 6.42 Å². The Bertz CT molecular complexity index is 875. The number of hydrogen-bond acceptors (Lipinski definition) is 6. The lowest BCUT2D eigenvalue weighted by Crippen LogP contribution is -2.41. The zero-order chi connectivity index (χ0) is 19.9. The van der Waals surface area contributed by atoms with Crippen LogP contribution in [-0.2, 0) is 4.79 Å². The molecule has 1 aliphatic heterocycles. The average Bonchev–Trinajstić information content (AvgIpc) is 2.73. The third-order valence-corrected chi connectivity index (χ3v) is 5.13. The van der Waals surface area contributed by atoms with E-state index in [0.29, 0.717) is 28.9 Å². The van der Waals surface area contributed by atoms with Crippen LogP contribution in [0.15, 0.2) is 47.5 Å². The fourth-order valence-electron chi connectivity index (χ4n) is 2.67. The smallest absolute Gasteiger partial charge is 0.266 e. The molecule has 3 rings (SSSR count). The molecule has 0 aliphatic carbocycles. The molecule has 0 spiro atoms. The molecule has 6 nitrogen and oxygen atoms in total. The van der Waals surface area contributed by atoms with E-state index >= 15 is 0 Å². The van der Waals surface area contributed by atoms with Crippen molar-refractivity contribution in [3.05, 3.63) is 48.3 Å². The van der Waals surface area contributed by atoms with Gasteiger partial charge in [-0.15, -0.1) is 0 Å². The predicted octanol–water partition coefficient (Wildman–Crippen LogP) is 3.87. The molecule has 28 heavy (non-hydrogen) atoms. The zero-order valence-corrected chi connectivity index (χ0v) is 16.5. The maximum Gasteiger partial charge on any atom is 0.266 e. The average molecular weight is 404 g/mol. The Kier molecular flexibility index (Phi) is 6.76. The minimum absolute atomic E-state index is 0.0545. The van der Waals surface area contributed by atoms with E-state index in [4.69, 9.17) is 14.2 Å². The van der Waals surface area contributed by atoms with Gasteiger partial charge < -0.3 is 14.2 Å². The van der Waals surface area contributed by atoms with Crippen molar-refractivity contribution in [1.29, 1.82) is 0 Å². The molecule has 0 unspecified atom stereocenters. The third-order valence-electron chi connectivity index (χ3n) is 4.07. The van der Waals surface area contributed by atoms with Gasteiger partial charge >= 0.3 is 0 Å². The Labute approximate surface area is 167 Å². The fourth-order valence-corrected chi connectivity index (χ4v) is 3.64. The number of hydrogen-bond donors (Lipinski definition) is 0. The summed E-state index contributed by atoms with van der Waals surface area (Å²) in [5.41, 5.74) is 0.648. The van der Waals surface area contributed by atoms with Crippen LogP contribution in [0.25, 0.3) is 0 Å². The second-order valence-electron chi connectivity index (χ2n) is 5.90. The van der Waals surface area contributed by atoms with Gasteiger partial charge in [0, 0.05) is 18.4 Å². The van der Waals surface area contributed by atoms with E-state index in [9.17, 15) is 9.18 Å². The Morgan fingerprint density at radius 1 is 1.14 bits per heavy atom. The number of amidine groups is 1. The van der Waals surface area contributed by atoms with Gasteiger partial charge in [0.2, 0.25) is 0 Å². The lowest BCUT2D eigenvalue weighted by molar-refractivity contribution is -0.129. The summed E-state index contributed by atoms with van der Waals surface area (Å²) in [4.78, 5) is 18.8. The van der Waals surface area contributed by atoms with Gasteiger partial charge in [0.25, 0.3) is 5.91 Å². The molecule has 0 aromatic heterocycles. The number of rotatable bonds is 6. The van der Waals surface area contributed by atoms with Crippen LogP contribution in [0, 0.1) is 5.82 Å². The Hall–Kier alpha value is -2.74. The first-order valence-corrected chi connectivity index (χ1v) is 9.72. The number of carbonyl (C=O) groups is 1. The molecule has 1 aliphatic rings. The molecule has 2 aromatic rings. The predicted molar refractivity (Wildman–Crippen MR) is 107 cm³/mol. The van der Waals surface area contributed by atoms with Crippen molar-refractivity contribution in [1.82, 2.24) is 4.90 Å². The van der Waals surface area contributed by atoms with Gasteiger partial charge in [0.1, 0.15) is 0 Å². The van der Waals surface area contributed by atoms with E-state index in [1.807, 2.05) is 0 Å². The van der Waals surface area contributed by atoms with Crippen LogP contribution >= 0.6 is 11.8 Å². The minimum atomic E-state index is -0.498. The Morgan fingerprint density at radius 3 is 2.68 bits per heavy atom. The summed E-state index contributed by atoms with van der Waals surface area (Å²) in [5, 5.41) is 0.584. The molecule has 0 saturated carbocycles. The van der Waals surface area contributed by atoms with Crippen LogP contribution in [0.4, 0.5) is 10.1 Å². The number of nitrogens with zero attached hydrogens (tertiary/aromatic N) is 2. The number of ether oxygens (including phenoxy) is 3. The molecule has 0 radical (unpaired) electrons. The summed E-state index contributed by atoms with van der Waals surface area (Å²) in [6, 6.07) is 11.3. The number of thioether (sulfide) groups is 1. The van der Waals surface area contributed by atoms with Crippen LogP contribution in [0.2, 0.25) is 0 Å². The number of methoxy groups -OCH3 is 2. The van der Waals surface area contributed by atoms with Crippen LogP contribution in [0.3, 0.4) is 0 Å². The molecule has 148 valence electrons. The van der Waals surface area contributed by atoms with Gasteiger partial charge in [0.15, 0.2) is 34.8 Å². The molecule has 0 N–H and O–H groups in total. The van der Waals surface area contributed by atoms with E-state index in [2.05, 4.69) is 4.99 Å². The molecule has 1 fully saturated rings. The molecule has 1 saturated heterocycles. The van der Waals surface area contributed by atoms with Gasteiger partial charge in [-0.05, 0) is 30.7 Å². The molecule has 2 aromatic carbocycles. The quantitative estimate of drug-likeness (QED) is 0.731. The molecule has 1 heterocycles. The van der Waals surface area contributed by atoms with Crippen molar-refractivity contribution in [3.63, 3.8) is 0 Å². The maximum atomic E-state index is 13.7. The van der Waals surface area contributed by atoms with E-state index < -0.39 is 5.82 Å². The van der Waals surface area contributed by atoms with Gasteiger partial charge in [-0.25, -0.2) is 9.38 Å². The fraction of sp³-hybridized carbons (Fsp3) is 0.300. The van der Waals surface area contributed by atoms with Crippen molar-refractivity contribution in [3.8, 4) is 17.2 Å². The molecule has 0 bridgehead atoms. The number of amides is 1. The molecule has 1 amide bonds. The second-order valence-corrected chi connectivity index (χ2v) is 6.96. The van der Waals surface area contributed by atoms with Gasteiger partial charge in [-0.1, -0.05) is 23.9 Å². The first-order chi connectivity index (χ1) is 13.6. The first-order valence-electron chi connectivity index (χ1n) is 8.73. The highest BCUT2D eigenvalue weighted by molar-refractivity contribution is 8.13. The summed E-state index contributed by atoms with van der Waals surface area (Å²) in [6.07, 6.45) is 0.848. The number of benzene rings is 2. The molecule has 8 heteroatoms. The summed E-state index contributed by atoms with van der Waals surface area (Å²) in [6.45, 7) is 0.283.